The van der Waals surface area contributed by atoms with Crippen LogP contribution in [-0.2, 0) is 16.4 Å². The zero-order chi connectivity index (χ0) is 15.3. The van der Waals surface area contributed by atoms with Crippen molar-refractivity contribution in [2.24, 2.45) is 0 Å². The second-order valence-electron chi connectivity index (χ2n) is 4.24. The lowest BCUT2D eigenvalue weighted by atomic mass is 10.3. The summed E-state index contributed by atoms with van der Waals surface area (Å²) in [5, 5.41) is 1.97. The first-order valence-electron chi connectivity index (χ1n) is 6.31. The number of hydrogen-bond donors (Lipinski definition) is 1. The second kappa shape index (κ2) is 6.93. The number of thiophene rings is 1. The molecule has 7 heteroatoms. The highest BCUT2D eigenvalue weighted by atomic mass is 32.2. The molecule has 0 saturated heterocycles. The molecule has 0 spiro atoms. The molecule has 0 aliphatic heterocycles. The summed E-state index contributed by atoms with van der Waals surface area (Å²) in [7, 11) is -0.576. The second-order valence-corrected chi connectivity index (χ2v) is 7.04. The molecule has 0 radical (unpaired) electrons. The van der Waals surface area contributed by atoms with Crippen LogP contribution in [0.4, 0.5) is 0 Å². The van der Waals surface area contributed by atoms with Crippen LogP contribution in [0.15, 0.2) is 40.6 Å². The van der Waals surface area contributed by atoms with Crippen molar-refractivity contribution >= 4 is 21.4 Å². The van der Waals surface area contributed by atoms with Gasteiger partial charge in [-0.3, -0.25) is 0 Å². The van der Waals surface area contributed by atoms with Crippen molar-refractivity contribution in [2.45, 2.75) is 11.3 Å². The van der Waals surface area contributed by atoms with Crippen LogP contribution in [0, 0.1) is 0 Å². The first-order chi connectivity index (χ1) is 10.1. The molecule has 0 atom stereocenters. The van der Waals surface area contributed by atoms with Crippen molar-refractivity contribution in [3.63, 3.8) is 0 Å². The molecule has 0 fully saturated rings. The molecule has 1 aromatic heterocycles. The van der Waals surface area contributed by atoms with Crippen molar-refractivity contribution in [1.82, 2.24) is 4.72 Å². The smallest absolute Gasteiger partial charge is 0.240 e. The molecule has 2 aromatic rings. The van der Waals surface area contributed by atoms with E-state index >= 15 is 0 Å². The molecule has 2 rings (SSSR count). The molecule has 0 amide bonds. The Labute approximate surface area is 128 Å². The Morgan fingerprint density at radius 1 is 1.14 bits per heavy atom. The third-order valence-electron chi connectivity index (χ3n) is 2.91. The highest BCUT2D eigenvalue weighted by Gasteiger charge is 2.16. The van der Waals surface area contributed by atoms with Crippen LogP contribution >= 0.6 is 11.3 Å². The summed E-state index contributed by atoms with van der Waals surface area (Å²) in [4.78, 5) is 1.30. The van der Waals surface area contributed by atoms with Crippen LogP contribution in [-0.4, -0.2) is 29.2 Å². The lowest BCUT2D eigenvalue weighted by Gasteiger charge is -2.10. The number of rotatable bonds is 7. The third-order valence-corrected chi connectivity index (χ3v) is 5.30. The summed E-state index contributed by atoms with van der Waals surface area (Å²) in [6.07, 6.45) is 0.671. The maximum Gasteiger partial charge on any atom is 0.240 e. The zero-order valence-electron chi connectivity index (χ0n) is 11.8. The molecule has 5 nitrogen and oxygen atoms in total. The van der Waals surface area contributed by atoms with Crippen molar-refractivity contribution in [2.75, 3.05) is 20.8 Å². The van der Waals surface area contributed by atoms with E-state index in [1.54, 1.807) is 17.4 Å². The van der Waals surface area contributed by atoms with E-state index in [9.17, 15) is 8.42 Å². The molecule has 114 valence electrons. The molecule has 1 heterocycles. The Bertz CT molecular complexity index is 681. The van der Waals surface area contributed by atoms with E-state index < -0.39 is 10.0 Å². The third kappa shape index (κ3) is 3.96. The fourth-order valence-electron chi connectivity index (χ4n) is 1.83. The fourth-order valence-corrected chi connectivity index (χ4v) is 3.59. The Hall–Kier alpha value is -1.57. The van der Waals surface area contributed by atoms with Gasteiger partial charge in [-0.05, 0) is 30.0 Å². The van der Waals surface area contributed by atoms with Crippen LogP contribution in [0.2, 0.25) is 0 Å². The van der Waals surface area contributed by atoms with Gasteiger partial charge in [0, 0.05) is 17.5 Å². The minimum absolute atomic E-state index is 0.159. The van der Waals surface area contributed by atoms with E-state index in [1.165, 1.54) is 26.4 Å². The average molecular weight is 327 g/mol. The normalized spacial score (nSPS) is 11.3. The minimum atomic E-state index is -3.55. The molecule has 0 saturated carbocycles. The Balaban J connectivity index is 2.08. The monoisotopic (exact) mass is 327 g/mol. The highest BCUT2D eigenvalue weighted by Crippen LogP contribution is 2.29. The van der Waals surface area contributed by atoms with Gasteiger partial charge < -0.3 is 9.47 Å². The van der Waals surface area contributed by atoms with Crippen LogP contribution < -0.4 is 14.2 Å². The van der Waals surface area contributed by atoms with E-state index in [4.69, 9.17) is 9.47 Å². The van der Waals surface area contributed by atoms with Gasteiger partial charge in [-0.15, -0.1) is 11.3 Å². The fraction of sp³-hybridized carbons (Fsp3) is 0.286. The highest BCUT2D eigenvalue weighted by molar-refractivity contribution is 7.89. The SMILES string of the molecule is COc1ccc(S(=O)(=O)NCCc2cccs2)cc1OC. The summed E-state index contributed by atoms with van der Waals surface area (Å²) in [6, 6.07) is 8.45. The van der Waals surface area contributed by atoms with E-state index in [1.807, 2.05) is 17.5 Å². The molecule has 0 aliphatic carbocycles. The summed E-state index contributed by atoms with van der Waals surface area (Å²) < 4.78 is 37.2. The number of benzene rings is 1. The molecule has 1 N–H and O–H groups in total. The lowest BCUT2D eigenvalue weighted by Crippen LogP contribution is -2.25. The maximum atomic E-state index is 12.2. The van der Waals surface area contributed by atoms with Crippen molar-refractivity contribution < 1.29 is 17.9 Å². The molecule has 0 aliphatic rings. The van der Waals surface area contributed by atoms with Crippen LogP contribution in [0.3, 0.4) is 0 Å². The quantitative estimate of drug-likeness (QED) is 0.847. The Kier molecular flexibility index (Phi) is 5.22. The van der Waals surface area contributed by atoms with Gasteiger partial charge in [-0.1, -0.05) is 6.07 Å². The first-order valence-corrected chi connectivity index (χ1v) is 8.67. The molecular formula is C14H17NO4S2. The molecule has 1 aromatic carbocycles. The molecule has 21 heavy (non-hydrogen) atoms. The van der Waals surface area contributed by atoms with Gasteiger partial charge in [-0.25, -0.2) is 13.1 Å². The molecule has 0 bridgehead atoms. The number of ether oxygens (including phenoxy) is 2. The first kappa shape index (κ1) is 15.8. The topological polar surface area (TPSA) is 64.6 Å². The average Bonchev–Trinajstić information content (AvgIpc) is 2.99. The van der Waals surface area contributed by atoms with E-state index in [0.29, 0.717) is 24.5 Å². The maximum absolute atomic E-state index is 12.2. The van der Waals surface area contributed by atoms with E-state index in [0.717, 1.165) is 4.88 Å². The minimum Gasteiger partial charge on any atom is -0.493 e. The van der Waals surface area contributed by atoms with Gasteiger partial charge in [0.1, 0.15) is 0 Å². The number of sulfonamides is 1. The van der Waals surface area contributed by atoms with Crippen LogP contribution in [0.5, 0.6) is 11.5 Å². The number of methoxy groups -OCH3 is 2. The van der Waals surface area contributed by atoms with Crippen molar-refractivity contribution in [3.8, 4) is 11.5 Å². The summed E-state index contributed by atoms with van der Waals surface area (Å²) in [5.41, 5.74) is 0. The molecule has 0 unspecified atom stereocenters. The Morgan fingerprint density at radius 2 is 1.90 bits per heavy atom. The predicted molar refractivity (Wildman–Crippen MR) is 82.8 cm³/mol. The summed E-state index contributed by atoms with van der Waals surface area (Å²) in [6.45, 7) is 0.358. The number of hydrogen-bond acceptors (Lipinski definition) is 5. The van der Waals surface area contributed by atoms with Gasteiger partial charge in [0.25, 0.3) is 0 Å². The lowest BCUT2D eigenvalue weighted by molar-refractivity contribution is 0.354. The van der Waals surface area contributed by atoms with Gasteiger partial charge in [0.2, 0.25) is 10.0 Å². The van der Waals surface area contributed by atoms with Crippen molar-refractivity contribution in [1.29, 1.82) is 0 Å². The largest absolute Gasteiger partial charge is 0.493 e. The zero-order valence-corrected chi connectivity index (χ0v) is 13.5. The van der Waals surface area contributed by atoms with Gasteiger partial charge in [0.05, 0.1) is 19.1 Å². The van der Waals surface area contributed by atoms with Gasteiger partial charge in [-0.2, -0.15) is 0 Å². The van der Waals surface area contributed by atoms with Gasteiger partial charge >= 0.3 is 0 Å². The molecular weight excluding hydrogens is 310 g/mol. The summed E-state index contributed by atoms with van der Waals surface area (Å²) >= 11 is 1.61. The predicted octanol–water partition coefficient (Wildman–Crippen LogP) is 2.29. The Morgan fingerprint density at radius 3 is 2.52 bits per heavy atom. The summed E-state index contributed by atoms with van der Waals surface area (Å²) in [5.74, 6) is 0.883. The number of nitrogens with one attached hydrogen (secondary N) is 1. The van der Waals surface area contributed by atoms with Crippen molar-refractivity contribution in [3.05, 3.63) is 40.6 Å². The van der Waals surface area contributed by atoms with Gasteiger partial charge in [0.15, 0.2) is 11.5 Å². The van der Waals surface area contributed by atoms with E-state index in [2.05, 4.69) is 4.72 Å². The van der Waals surface area contributed by atoms with Crippen LogP contribution in [0.1, 0.15) is 4.88 Å². The standard InChI is InChI=1S/C14H17NO4S2/c1-18-13-6-5-12(10-14(13)19-2)21(16,17)15-8-7-11-4-3-9-20-11/h3-6,9-10,15H,7-8H2,1-2H3. The van der Waals surface area contributed by atoms with Crippen LogP contribution in [0.25, 0.3) is 0 Å². The van der Waals surface area contributed by atoms with E-state index in [-0.39, 0.29) is 4.90 Å².